The fourth-order valence-corrected chi connectivity index (χ4v) is 4.22. The fourth-order valence-electron chi connectivity index (χ4n) is 3.07. The maximum absolute atomic E-state index is 12.9. The standard InChI is InChI=1S/C19H21N3O6S/c1-13-6-7-15(12-16(13)19(23)21-8-10-28-11-9-21)29(26,27)20-17-4-3-5-18(14(17)2)22(24)25/h3-7,12,20H,8-11H2,1-2H3. The van der Waals surface area contributed by atoms with Gasteiger partial charge in [-0.2, -0.15) is 0 Å². The summed E-state index contributed by atoms with van der Waals surface area (Å²) >= 11 is 0. The maximum Gasteiger partial charge on any atom is 0.274 e. The fraction of sp³-hybridized carbons (Fsp3) is 0.316. The summed E-state index contributed by atoms with van der Waals surface area (Å²) in [6.45, 7) is 4.98. The lowest BCUT2D eigenvalue weighted by Crippen LogP contribution is -2.41. The highest BCUT2D eigenvalue weighted by Gasteiger charge is 2.24. The normalized spacial score (nSPS) is 14.5. The number of ether oxygens (including phenoxy) is 1. The molecule has 1 aliphatic rings. The van der Waals surface area contributed by atoms with Gasteiger partial charge < -0.3 is 9.64 Å². The third kappa shape index (κ3) is 4.38. The molecule has 0 bridgehead atoms. The van der Waals surface area contributed by atoms with Gasteiger partial charge in [-0.05, 0) is 37.6 Å². The Balaban J connectivity index is 1.93. The second kappa shape index (κ2) is 8.18. The second-order valence-electron chi connectivity index (χ2n) is 6.69. The van der Waals surface area contributed by atoms with Gasteiger partial charge in [0, 0.05) is 24.7 Å². The number of rotatable bonds is 5. The number of hydrogen-bond donors (Lipinski definition) is 1. The van der Waals surface area contributed by atoms with E-state index in [1.807, 2.05) is 0 Å². The minimum Gasteiger partial charge on any atom is -0.378 e. The number of benzene rings is 2. The van der Waals surface area contributed by atoms with E-state index in [0.717, 1.165) is 0 Å². The quantitative estimate of drug-likeness (QED) is 0.587. The van der Waals surface area contributed by atoms with E-state index in [2.05, 4.69) is 4.72 Å². The lowest BCUT2D eigenvalue weighted by Gasteiger charge is -2.27. The van der Waals surface area contributed by atoms with Gasteiger partial charge in [-0.15, -0.1) is 0 Å². The third-order valence-electron chi connectivity index (χ3n) is 4.79. The lowest BCUT2D eigenvalue weighted by molar-refractivity contribution is -0.385. The van der Waals surface area contributed by atoms with Crippen LogP contribution in [-0.4, -0.2) is 50.5 Å². The van der Waals surface area contributed by atoms with Crippen molar-refractivity contribution in [2.75, 3.05) is 31.0 Å². The topological polar surface area (TPSA) is 119 Å². The van der Waals surface area contributed by atoms with Gasteiger partial charge in [0.15, 0.2) is 0 Å². The highest BCUT2D eigenvalue weighted by molar-refractivity contribution is 7.92. The van der Waals surface area contributed by atoms with E-state index in [0.29, 0.717) is 37.4 Å². The van der Waals surface area contributed by atoms with E-state index in [-0.39, 0.29) is 27.7 Å². The molecule has 0 saturated carbocycles. The molecular formula is C19H21N3O6S. The molecule has 10 heteroatoms. The molecule has 1 saturated heterocycles. The molecule has 1 heterocycles. The Kier molecular flexibility index (Phi) is 5.85. The van der Waals surface area contributed by atoms with Crippen molar-refractivity contribution in [1.29, 1.82) is 0 Å². The van der Waals surface area contributed by atoms with Crippen LogP contribution in [0.4, 0.5) is 11.4 Å². The Bertz CT molecular complexity index is 1060. The van der Waals surface area contributed by atoms with Crippen LogP contribution in [0.2, 0.25) is 0 Å². The monoisotopic (exact) mass is 419 g/mol. The predicted molar refractivity (Wildman–Crippen MR) is 107 cm³/mol. The number of morpholine rings is 1. The Labute approximate surface area is 168 Å². The van der Waals surface area contributed by atoms with Crippen LogP contribution in [0.3, 0.4) is 0 Å². The van der Waals surface area contributed by atoms with Crippen molar-refractivity contribution in [3.63, 3.8) is 0 Å². The average Bonchev–Trinajstić information content (AvgIpc) is 2.69. The lowest BCUT2D eigenvalue weighted by atomic mass is 10.1. The molecule has 1 fully saturated rings. The van der Waals surface area contributed by atoms with E-state index >= 15 is 0 Å². The summed E-state index contributed by atoms with van der Waals surface area (Å²) in [7, 11) is -4.05. The molecule has 0 spiro atoms. The SMILES string of the molecule is Cc1ccc(S(=O)(=O)Nc2cccc([N+](=O)[O-])c2C)cc1C(=O)N1CCOCC1. The molecule has 9 nitrogen and oxygen atoms in total. The molecule has 1 N–H and O–H groups in total. The summed E-state index contributed by atoms with van der Waals surface area (Å²) in [6, 6.07) is 8.47. The highest BCUT2D eigenvalue weighted by atomic mass is 32.2. The van der Waals surface area contributed by atoms with Crippen LogP contribution in [0.25, 0.3) is 0 Å². The number of hydrogen-bond acceptors (Lipinski definition) is 6. The van der Waals surface area contributed by atoms with Gasteiger partial charge in [0.2, 0.25) is 0 Å². The van der Waals surface area contributed by atoms with Gasteiger partial charge >= 0.3 is 0 Å². The molecule has 0 aliphatic carbocycles. The summed E-state index contributed by atoms with van der Waals surface area (Å²) in [4.78, 5) is 24.9. The zero-order valence-electron chi connectivity index (χ0n) is 16.0. The van der Waals surface area contributed by atoms with E-state index in [4.69, 9.17) is 4.74 Å². The number of anilines is 1. The first-order valence-electron chi connectivity index (χ1n) is 8.95. The second-order valence-corrected chi connectivity index (χ2v) is 8.38. The minimum atomic E-state index is -4.05. The smallest absolute Gasteiger partial charge is 0.274 e. The van der Waals surface area contributed by atoms with Crippen molar-refractivity contribution in [3.05, 3.63) is 63.2 Å². The van der Waals surface area contributed by atoms with Crippen LogP contribution in [0.5, 0.6) is 0 Å². The first-order chi connectivity index (χ1) is 13.7. The molecule has 2 aromatic rings. The van der Waals surface area contributed by atoms with Gasteiger partial charge in [-0.25, -0.2) is 8.42 Å². The maximum atomic E-state index is 12.9. The Morgan fingerprint density at radius 2 is 1.86 bits per heavy atom. The molecule has 0 atom stereocenters. The van der Waals surface area contributed by atoms with Crippen molar-refractivity contribution < 1.29 is 22.9 Å². The van der Waals surface area contributed by atoms with Gasteiger partial charge in [0.05, 0.1) is 34.3 Å². The Morgan fingerprint density at radius 1 is 1.17 bits per heavy atom. The van der Waals surface area contributed by atoms with Crippen molar-refractivity contribution in [2.45, 2.75) is 18.7 Å². The third-order valence-corrected chi connectivity index (χ3v) is 6.16. The number of carbonyl (C=O) groups is 1. The van der Waals surface area contributed by atoms with Crippen LogP contribution in [-0.2, 0) is 14.8 Å². The number of nitro groups is 1. The molecule has 2 aromatic carbocycles. The largest absolute Gasteiger partial charge is 0.378 e. The van der Waals surface area contributed by atoms with Crippen LogP contribution >= 0.6 is 0 Å². The summed E-state index contributed by atoms with van der Waals surface area (Å²) in [5, 5.41) is 11.1. The highest BCUT2D eigenvalue weighted by Crippen LogP contribution is 2.28. The van der Waals surface area contributed by atoms with Crippen molar-refractivity contribution in [3.8, 4) is 0 Å². The predicted octanol–water partition coefficient (Wildman–Crippen LogP) is 2.48. The van der Waals surface area contributed by atoms with Crippen molar-refractivity contribution in [2.24, 2.45) is 0 Å². The number of aryl methyl sites for hydroxylation is 1. The molecule has 154 valence electrons. The molecule has 1 amide bonds. The van der Waals surface area contributed by atoms with Crippen LogP contribution < -0.4 is 4.72 Å². The summed E-state index contributed by atoms with van der Waals surface area (Å²) in [6.07, 6.45) is 0. The number of nitro benzene ring substituents is 1. The van der Waals surface area contributed by atoms with Crippen LogP contribution in [0.1, 0.15) is 21.5 Å². The number of nitrogens with one attached hydrogen (secondary N) is 1. The molecule has 0 radical (unpaired) electrons. The van der Waals surface area contributed by atoms with Gasteiger partial charge in [-0.1, -0.05) is 12.1 Å². The summed E-state index contributed by atoms with van der Waals surface area (Å²) < 4.78 is 33.4. The number of carbonyl (C=O) groups excluding carboxylic acids is 1. The first-order valence-corrected chi connectivity index (χ1v) is 10.4. The van der Waals surface area contributed by atoms with Gasteiger partial charge in [0.25, 0.3) is 21.6 Å². The zero-order valence-corrected chi connectivity index (χ0v) is 16.9. The van der Waals surface area contributed by atoms with E-state index < -0.39 is 14.9 Å². The van der Waals surface area contributed by atoms with Gasteiger partial charge in [-0.3, -0.25) is 19.6 Å². The van der Waals surface area contributed by atoms with E-state index in [1.54, 1.807) is 17.9 Å². The summed E-state index contributed by atoms with van der Waals surface area (Å²) in [5.41, 5.74) is 1.09. The Morgan fingerprint density at radius 3 is 2.52 bits per heavy atom. The molecule has 0 unspecified atom stereocenters. The van der Waals surface area contributed by atoms with Crippen molar-refractivity contribution >= 4 is 27.3 Å². The average molecular weight is 419 g/mol. The molecule has 0 aromatic heterocycles. The molecular weight excluding hydrogens is 398 g/mol. The molecule has 3 rings (SSSR count). The van der Waals surface area contributed by atoms with E-state index in [1.165, 1.54) is 37.3 Å². The van der Waals surface area contributed by atoms with Crippen LogP contribution in [0, 0.1) is 24.0 Å². The summed E-state index contributed by atoms with van der Waals surface area (Å²) in [5.74, 6) is -0.255. The minimum absolute atomic E-state index is 0.0920. The first kappa shape index (κ1) is 20.7. The zero-order chi connectivity index (χ0) is 21.2. The molecule has 29 heavy (non-hydrogen) atoms. The van der Waals surface area contributed by atoms with Gasteiger partial charge in [0.1, 0.15) is 0 Å². The van der Waals surface area contributed by atoms with Crippen molar-refractivity contribution in [1.82, 2.24) is 4.90 Å². The van der Waals surface area contributed by atoms with E-state index in [9.17, 15) is 23.3 Å². The molecule has 1 aliphatic heterocycles. The number of amides is 1. The number of nitrogens with zero attached hydrogens (tertiary/aromatic N) is 2. The number of sulfonamides is 1. The van der Waals surface area contributed by atoms with Crippen LogP contribution in [0.15, 0.2) is 41.3 Å². The Hall–Kier alpha value is -2.98.